The maximum absolute atomic E-state index is 11.2. The van der Waals surface area contributed by atoms with Crippen molar-refractivity contribution in [2.45, 2.75) is 19.4 Å². The molecule has 0 saturated heterocycles. The average molecular weight is 200 g/mol. The lowest BCUT2D eigenvalue weighted by atomic mass is 10.1. The van der Waals surface area contributed by atoms with E-state index in [1.165, 1.54) is 7.11 Å². The molecule has 14 heavy (non-hydrogen) atoms. The Labute approximate surface area is 83.7 Å². The lowest BCUT2D eigenvalue weighted by Gasteiger charge is -2.12. The molecule has 0 aromatic heterocycles. The van der Waals surface area contributed by atoms with Crippen LogP contribution in [0.1, 0.15) is 13.3 Å². The number of rotatable bonds is 6. The molecule has 0 heterocycles. The van der Waals surface area contributed by atoms with Gasteiger partial charge in [0.15, 0.2) is 0 Å². The van der Waals surface area contributed by atoms with Crippen LogP contribution in [0.25, 0.3) is 0 Å². The summed E-state index contributed by atoms with van der Waals surface area (Å²) in [5.74, 6) is -0.977. The van der Waals surface area contributed by atoms with E-state index >= 15 is 0 Å². The number of nitrogens with zero attached hydrogens (tertiary/aromatic N) is 1. The maximum Gasteiger partial charge on any atom is 0.237 e. The van der Waals surface area contributed by atoms with E-state index in [2.05, 4.69) is 10.1 Å². The van der Waals surface area contributed by atoms with Crippen LogP contribution in [0.15, 0.2) is 0 Å². The molecule has 0 rings (SSSR count). The molecule has 5 nitrogen and oxygen atoms in total. The summed E-state index contributed by atoms with van der Waals surface area (Å²) in [6, 6.07) is 1.88. The molecule has 0 aromatic carbocycles. The quantitative estimate of drug-likeness (QED) is 0.614. The number of carbonyl (C=O) groups is 1. The second-order valence-electron chi connectivity index (χ2n) is 2.94. The Morgan fingerprint density at radius 1 is 1.71 bits per heavy atom. The summed E-state index contributed by atoms with van der Waals surface area (Å²) >= 11 is 0. The van der Waals surface area contributed by atoms with Gasteiger partial charge in [-0.25, -0.2) is 0 Å². The zero-order chi connectivity index (χ0) is 11.0. The van der Waals surface area contributed by atoms with Crippen LogP contribution in [0.3, 0.4) is 0 Å². The van der Waals surface area contributed by atoms with E-state index in [0.29, 0.717) is 6.42 Å². The Morgan fingerprint density at radius 3 is 2.79 bits per heavy atom. The fourth-order valence-corrected chi connectivity index (χ4v) is 0.928. The van der Waals surface area contributed by atoms with Gasteiger partial charge in [-0.05, 0) is 6.42 Å². The zero-order valence-electron chi connectivity index (χ0n) is 8.49. The van der Waals surface area contributed by atoms with Gasteiger partial charge in [0.2, 0.25) is 5.91 Å². The molecular weight excluding hydrogens is 184 g/mol. The van der Waals surface area contributed by atoms with Crippen LogP contribution < -0.4 is 5.32 Å². The van der Waals surface area contributed by atoms with Gasteiger partial charge in [0, 0.05) is 13.7 Å². The summed E-state index contributed by atoms with van der Waals surface area (Å²) in [6.45, 7) is 2.05. The smallest absolute Gasteiger partial charge is 0.237 e. The van der Waals surface area contributed by atoms with E-state index in [4.69, 9.17) is 5.26 Å². The largest absolute Gasteiger partial charge is 0.389 e. The lowest BCUT2D eigenvalue weighted by Crippen LogP contribution is -2.37. The van der Waals surface area contributed by atoms with Crippen molar-refractivity contribution in [2.24, 2.45) is 5.92 Å². The summed E-state index contributed by atoms with van der Waals surface area (Å²) < 4.78 is 4.68. The molecule has 0 aliphatic heterocycles. The van der Waals surface area contributed by atoms with Crippen molar-refractivity contribution in [3.63, 3.8) is 0 Å². The summed E-state index contributed by atoms with van der Waals surface area (Å²) in [7, 11) is 1.47. The van der Waals surface area contributed by atoms with E-state index in [1.54, 1.807) is 6.92 Å². The summed E-state index contributed by atoms with van der Waals surface area (Å²) in [4.78, 5) is 11.2. The minimum absolute atomic E-state index is 0.116. The fraction of sp³-hybridized carbons (Fsp3) is 0.778. The van der Waals surface area contributed by atoms with Crippen molar-refractivity contribution in [3.8, 4) is 6.07 Å². The molecule has 80 valence electrons. The summed E-state index contributed by atoms with van der Waals surface area (Å²) in [6.07, 6.45) is -0.247. The first-order chi connectivity index (χ1) is 6.65. The number of carbonyl (C=O) groups excluding carboxylic acids is 1. The first-order valence-electron chi connectivity index (χ1n) is 4.50. The van der Waals surface area contributed by atoms with Crippen LogP contribution in [0, 0.1) is 17.2 Å². The molecule has 0 bridgehead atoms. The molecule has 0 aromatic rings. The van der Waals surface area contributed by atoms with Crippen molar-refractivity contribution in [1.82, 2.24) is 5.32 Å². The summed E-state index contributed by atoms with van der Waals surface area (Å²) in [5.41, 5.74) is 0. The Hall–Kier alpha value is -1.12. The van der Waals surface area contributed by atoms with E-state index in [0.717, 1.165) is 0 Å². The number of hydrogen-bond donors (Lipinski definition) is 2. The number of amides is 1. The van der Waals surface area contributed by atoms with Gasteiger partial charge in [-0.15, -0.1) is 0 Å². The van der Waals surface area contributed by atoms with Gasteiger partial charge >= 0.3 is 0 Å². The molecule has 0 fully saturated rings. The highest BCUT2D eigenvalue weighted by atomic mass is 16.5. The summed E-state index contributed by atoms with van der Waals surface area (Å²) in [5, 5.41) is 20.2. The van der Waals surface area contributed by atoms with Gasteiger partial charge in [0.25, 0.3) is 0 Å². The van der Waals surface area contributed by atoms with E-state index in [1.807, 2.05) is 6.07 Å². The molecule has 5 heteroatoms. The minimum Gasteiger partial charge on any atom is -0.389 e. The Bertz CT molecular complexity index is 213. The van der Waals surface area contributed by atoms with Gasteiger partial charge < -0.3 is 15.2 Å². The standard InChI is InChI=1S/C9H16N2O3/c1-3-7(4-10)9(13)11-5-8(12)6-14-2/h7-8,12H,3,5-6H2,1-2H3,(H,11,13). The normalized spacial score (nSPS) is 14.1. The first kappa shape index (κ1) is 12.9. The SMILES string of the molecule is CCC(C#N)C(=O)NCC(O)COC. The van der Waals surface area contributed by atoms with Crippen LogP contribution in [0.4, 0.5) is 0 Å². The highest BCUT2D eigenvalue weighted by Gasteiger charge is 2.15. The molecule has 0 spiro atoms. The van der Waals surface area contributed by atoms with E-state index in [9.17, 15) is 9.90 Å². The number of hydrogen-bond acceptors (Lipinski definition) is 4. The maximum atomic E-state index is 11.2. The Morgan fingerprint density at radius 2 is 2.36 bits per heavy atom. The third kappa shape index (κ3) is 4.80. The van der Waals surface area contributed by atoms with Gasteiger partial charge in [-0.3, -0.25) is 4.79 Å². The van der Waals surface area contributed by atoms with Crippen LogP contribution in [0.2, 0.25) is 0 Å². The highest BCUT2D eigenvalue weighted by Crippen LogP contribution is 1.99. The van der Waals surface area contributed by atoms with Crippen molar-refractivity contribution >= 4 is 5.91 Å². The molecule has 0 aliphatic carbocycles. The van der Waals surface area contributed by atoms with E-state index in [-0.39, 0.29) is 19.1 Å². The van der Waals surface area contributed by atoms with Crippen molar-refractivity contribution < 1.29 is 14.6 Å². The second-order valence-corrected chi connectivity index (χ2v) is 2.94. The number of aliphatic hydroxyl groups is 1. The van der Waals surface area contributed by atoms with Crippen molar-refractivity contribution in [2.75, 3.05) is 20.3 Å². The third-order valence-corrected chi connectivity index (χ3v) is 1.75. The first-order valence-corrected chi connectivity index (χ1v) is 4.50. The third-order valence-electron chi connectivity index (χ3n) is 1.75. The van der Waals surface area contributed by atoms with Gasteiger partial charge in [0.1, 0.15) is 5.92 Å². The molecule has 2 unspecified atom stereocenters. The number of ether oxygens (including phenoxy) is 1. The van der Waals surface area contributed by atoms with Gasteiger partial charge in [-0.2, -0.15) is 5.26 Å². The predicted molar refractivity (Wildman–Crippen MR) is 50.3 cm³/mol. The zero-order valence-corrected chi connectivity index (χ0v) is 8.49. The topological polar surface area (TPSA) is 82.4 Å². The lowest BCUT2D eigenvalue weighted by molar-refractivity contribution is -0.124. The van der Waals surface area contributed by atoms with Crippen LogP contribution >= 0.6 is 0 Å². The van der Waals surface area contributed by atoms with Gasteiger partial charge in [-0.1, -0.05) is 6.92 Å². The molecule has 0 saturated carbocycles. The number of nitriles is 1. The number of aliphatic hydroxyl groups excluding tert-OH is 1. The molecule has 2 N–H and O–H groups in total. The van der Waals surface area contributed by atoms with Crippen molar-refractivity contribution in [1.29, 1.82) is 5.26 Å². The number of nitrogens with one attached hydrogen (secondary N) is 1. The van der Waals surface area contributed by atoms with E-state index < -0.39 is 12.0 Å². The molecule has 0 radical (unpaired) electrons. The average Bonchev–Trinajstić information content (AvgIpc) is 2.17. The Kier molecular flexibility index (Phi) is 6.72. The molecule has 2 atom stereocenters. The molecular formula is C9H16N2O3. The second kappa shape index (κ2) is 7.30. The Balaban J connectivity index is 3.79. The van der Waals surface area contributed by atoms with Crippen LogP contribution in [-0.2, 0) is 9.53 Å². The molecule has 0 aliphatic rings. The highest BCUT2D eigenvalue weighted by molar-refractivity contribution is 5.80. The van der Waals surface area contributed by atoms with Gasteiger partial charge in [0.05, 0.1) is 18.8 Å². The predicted octanol–water partition coefficient (Wildman–Crippen LogP) is -0.340. The fourth-order valence-electron chi connectivity index (χ4n) is 0.928. The van der Waals surface area contributed by atoms with Crippen LogP contribution in [-0.4, -0.2) is 37.4 Å². The number of methoxy groups -OCH3 is 1. The van der Waals surface area contributed by atoms with Crippen LogP contribution in [0.5, 0.6) is 0 Å². The minimum atomic E-state index is -0.722. The monoisotopic (exact) mass is 200 g/mol. The van der Waals surface area contributed by atoms with Crippen molar-refractivity contribution in [3.05, 3.63) is 0 Å². The molecule has 1 amide bonds.